The van der Waals surface area contributed by atoms with Gasteiger partial charge in [0.1, 0.15) is 6.10 Å². The van der Waals surface area contributed by atoms with E-state index < -0.39 is 24.6 Å². The highest BCUT2D eigenvalue weighted by Gasteiger charge is 2.22. The minimum atomic E-state index is -1.38. The first-order chi connectivity index (χ1) is 7.41. The monoisotopic (exact) mass is 226 g/mol. The highest BCUT2D eigenvalue weighted by Crippen LogP contribution is 2.20. The molecule has 0 aliphatic rings. The first-order valence-electron chi connectivity index (χ1n) is 4.71. The number of nitrogens with zero attached hydrogens (tertiary/aromatic N) is 1. The summed E-state index contributed by atoms with van der Waals surface area (Å²) in [7, 11) is 0. The average molecular weight is 226 g/mol. The van der Waals surface area contributed by atoms with E-state index in [-0.39, 0.29) is 5.69 Å². The molecule has 5 N–H and O–H groups in total. The lowest BCUT2D eigenvalue weighted by molar-refractivity contribution is -0.141. The van der Waals surface area contributed by atoms with Crippen LogP contribution in [0.3, 0.4) is 0 Å². The molecule has 0 aliphatic carbocycles. The predicted molar refractivity (Wildman–Crippen MR) is 56.6 cm³/mol. The van der Waals surface area contributed by atoms with Gasteiger partial charge in [0.15, 0.2) is 0 Å². The second-order valence-corrected chi connectivity index (χ2v) is 3.58. The summed E-state index contributed by atoms with van der Waals surface area (Å²) in [6.45, 7) is 1.73. The van der Waals surface area contributed by atoms with Crippen molar-refractivity contribution >= 4 is 11.7 Å². The average Bonchev–Trinajstić information content (AvgIpc) is 2.20. The molecule has 0 fully saturated rings. The molecule has 0 spiro atoms. The summed E-state index contributed by atoms with van der Waals surface area (Å²) in [6, 6.07) is 1.52. The molecule has 88 valence electrons. The largest absolute Gasteiger partial charge is 0.481 e. The maximum absolute atomic E-state index is 10.4. The Bertz CT molecular complexity index is 394. The molecule has 1 aromatic heterocycles. The zero-order chi connectivity index (χ0) is 12.3. The number of anilines is 1. The van der Waals surface area contributed by atoms with Gasteiger partial charge < -0.3 is 21.1 Å². The summed E-state index contributed by atoms with van der Waals surface area (Å²) in [5.41, 5.74) is 6.94. The molecule has 0 amide bonds. The van der Waals surface area contributed by atoms with Gasteiger partial charge in [-0.15, -0.1) is 0 Å². The van der Waals surface area contributed by atoms with E-state index in [0.29, 0.717) is 11.3 Å². The maximum atomic E-state index is 10.4. The van der Waals surface area contributed by atoms with E-state index in [1.807, 2.05) is 0 Å². The number of pyridine rings is 1. The van der Waals surface area contributed by atoms with Gasteiger partial charge in [-0.3, -0.25) is 9.78 Å². The number of aliphatic hydroxyl groups is 2. The lowest BCUT2D eigenvalue weighted by Gasteiger charge is -2.16. The number of rotatable bonds is 4. The van der Waals surface area contributed by atoms with E-state index in [4.69, 9.17) is 10.8 Å². The van der Waals surface area contributed by atoms with E-state index in [2.05, 4.69) is 4.98 Å². The van der Waals surface area contributed by atoms with Crippen molar-refractivity contribution in [3.05, 3.63) is 23.5 Å². The van der Waals surface area contributed by atoms with Gasteiger partial charge in [-0.2, -0.15) is 0 Å². The molecule has 0 aliphatic heterocycles. The number of nitrogen functional groups attached to an aromatic ring is 1. The van der Waals surface area contributed by atoms with Gasteiger partial charge in [0.2, 0.25) is 0 Å². The van der Waals surface area contributed by atoms with Crippen LogP contribution >= 0.6 is 0 Å². The number of carboxylic acids is 1. The fourth-order valence-corrected chi connectivity index (χ4v) is 1.24. The Hall–Kier alpha value is -1.66. The fourth-order valence-electron chi connectivity index (χ4n) is 1.24. The smallest absolute Gasteiger partial charge is 0.306 e. The van der Waals surface area contributed by atoms with Gasteiger partial charge in [-0.05, 0) is 18.6 Å². The van der Waals surface area contributed by atoms with Crippen molar-refractivity contribution in [2.75, 3.05) is 5.73 Å². The molecule has 0 radical (unpaired) electrons. The summed E-state index contributed by atoms with van der Waals surface area (Å²) < 4.78 is 0. The normalized spacial score (nSPS) is 14.4. The van der Waals surface area contributed by atoms with Crippen LogP contribution in [0.15, 0.2) is 12.3 Å². The third kappa shape index (κ3) is 2.91. The Morgan fingerprint density at radius 2 is 2.19 bits per heavy atom. The zero-order valence-corrected chi connectivity index (χ0v) is 8.79. The van der Waals surface area contributed by atoms with Crippen molar-refractivity contribution in [3.63, 3.8) is 0 Å². The van der Waals surface area contributed by atoms with Crippen molar-refractivity contribution < 1.29 is 20.1 Å². The molecule has 2 atom stereocenters. The summed E-state index contributed by atoms with van der Waals surface area (Å²) >= 11 is 0. The highest BCUT2D eigenvalue weighted by molar-refractivity contribution is 5.67. The lowest BCUT2D eigenvalue weighted by atomic mass is 10.1. The lowest BCUT2D eigenvalue weighted by Crippen LogP contribution is -2.22. The summed E-state index contributed by atoms with van der Waals surface area (Å²) in [6.07, 6.45) is -1.88. The van der Waals surface area contributed by atoms with Crippen LogP contribution < -0.4 is 5.73 Å². The van der Waals surface area contributed by atoms with Crippen LogP contribution in [0.25, 0.3) is 0 Å². The molecule has 1 rings (SSSR count). The van der Waals surface area contributed by atoms with E-state index in [1.165, 1.54) is 12.3 Å². The van der Waals surface area contributed by atoms with Crippen molar-refractivity contribution in [2.24, 2.45) is 0 Å². The number of aryl methyl sites for hydroxylation is 1. The fraction of sp³-hybridized carbons (Fsp3) is 0.400. The number of nitrogens with two attached hydrogens (primary N) is 1. The molecular formula is C10H14N2O4. The number of hydrogen-bond acceptors (Lipinski definition) is 5. The minimum absolute atomic E-state index is 0.209. The van der Waals surface area contributed by atoms with Crippen LogP contribution in [-0.2, 0) is 4.79 Å². The van der Waals surface area contributed by atoms with Gasteiger partial charge >= 0.3 is 5.97 Å². The van der Waals surface area contributed by atoms with Crippen molar-refractivity contribution in [1.82, 2.24) is 4.98 Å². The van der Waals surface area contributed by atoms with Crippen LogP contribution in [-0.4, -0.2) is 32.4 Å². The second kappa shape index (κ2) is 4.91. The summed E-state index contributed by atoms with van der Waals surface area (Å²) in [5.74, 6) is -1.18. The summed E-state index contributed by atoms with van der Waals surface area (Å²) in [4.78, 5) is 14.2. The molecule has 1 aromatic rings. The Morgan fingerprint density at radius 1 is 1.56 bits per heavy atom. The third-order valence-electron chi connectivity index (χ3n) is 2.22. The van der Waals surface area contributed by atoms with Crippen LogP contribution in [0.4, 0.5) is 5.69 Å². The number of aliphatic carboxylic acids is 1. The number of hydrogen-bond donors (Lipinski definition) is 4. The second-order valence-electron chi connectivity index (χ2n) is 3.58. The number of aromatic nitrogens is 1. The highest BCUT2D eigenvalue weighted by atomic mass is 16.4. The molecule has 0 saturated heterocycles. The van der Waals surface area contributed by atoms with E-state index in [9.17, 15) is 15.0 Å². The first kappa shape index (κ1) is 12.4. The Balaban J connectivity index is 2.83. The molecule has 1 heterocycles. The van der Waals surface area contributed by atoms with Crippen LogP contribution in [0.5, 0.6) is 0 Å². The van der Waals surface area contributed by atoms with Crippen molar-refractivity contribution in [1.29, 1.82) is 0 Å². The Labute approximate surface area is 92.4 Å². The molecule has 16 heavy (non-hydrogen) atoms. The molecule has 2 unspecified atom stereocenters. The molecule has 6 heteroatoms. The van der Waals surface area contributed by atoms with Gasteiger partial charge in [0, 0.05) is 0 Å². The van der Waals surface area contributed by atoms with Gasteiger partial charge in [0.05, 0.1) is 30.1 Å². The van der Waals surface area contributed by atoms with Gasteiger partial charge in [-0.1, -0.05) is 0 Å². The van der Waals surface area contributed by atoms with E-state index >= 15 is 0 Å². The Kier molecular flexibility index (Phi) is 3.81. The van der Waals surface area contributed by atoms with E-state index in [1.54, 1.807) is 6.92 Å². The molecule has 6 nitrogen and oxygen atoms in total. The molecule has 0 saturated carbocycles. The van der Waals surface area contributed by atoms with Crippen molar-refractivity contribution in [2.45, 2.75) is 25.6 Å². The standard InChI is InChI=1S/C10H14N2O4/c1-5-2-7(12-4-6(5)11)10(16)8(13)3-9(14)15/h2,4,8,10,13,16H,3,11H2,1H3,(H,14,15). The minimum Gasteiger partial charge on any atom is -0.481 e. The summed E-state index contributed by atoms with van der Waals surface area (Å²) in [5, 5.41) is 27.5. The Morgan fingerprint density at radius 3 is 2.69 bits per heavy atom. The maximum Gasteiger partial charge on any atom is 0.306 e. The molecule has 0 bridgehead atoms. The third-order valence-corrected chi connectivity index (χ3v) is 2.22. The number of carbonyl (C=O) groups is 1. The van der Waals surface area contributed by atoms with Crippen LogP contribution in [0, 0.1) is 6.92 Å². The first-order valence-corrected chi connectivity index (χ1v) is 4.71. The van der Waals surface area contributed by atoms with Crippen LogP contribution in [0.1, 0.15) is 23.8 Å². The van der Waals surface area contributed by atoms with Gasteiger partial charge in [-0.25, -0.2) is 0 Å². The van der Waals surface area contributed by atoms with E-state index in [0.717, 1.165) is 0 Å². The van der Waals surface area contributed by atoms with Gasteiger partial charge in [0.25, 0.3) is 0 Å². The zero-order valence-electron chi connectivity index (χ0n) is 8.79. The molecular weight excluding hydrogens is 212 g/mol. The quantitative estimate of drug-likeness (QED) is 0.567. The number of aliphatic hydroxyl groups excluding tert-OH is 2. The SMILES string of the molecule is Cc1cc(C(O)C(O)CC(=O)O)ncc1N. The van der Waals surface area contributed by atoms with Crippen LogP contribution in [0.2, 0.25) is 0 Å². The molecule has 0 aromatic carbocycles. The van der Waals surface area contributed by atoms with Crippen molar-refractivity contribution in [3.8, 4) is 0 Å². The predicted octanol–water partition coefficient (Wildman–Crippen LogP) is -0.159. The number of carboxylic acid groups (broad SMARTS) is 1. The topological polar surface area (TPSA) is 117 Å².